The number of hydrogen-bond donors (Lipinski definition) is 2. The fourth-order valence-electron chi connectivity index (χ4n) is 2.77. The van der Waals surface area contributed by atoms with Gasteiger partial charge >= 0.3 is 0 Å². The zero-order chi connectivity index (χ0) is 16.8. The number of nitro benzene ring substituents is 1. The van der Waals surface area contributed by atoms with Crippen LogP contribution in [0.5, 0.6) is 0 Å². The normalized spacial score (nSPS) is 11.2. The van der Waals surface area contributed by atoms with E-state index in [1.54, 1.807) is 13.0 Å². The summed E-state index contributed by atoms with van der Waals surface area (Å²) in [4.78, 5) is 18.2. The number of non-ortho nitro benzene ring substituents is 1. The first-order valence-electron chi connectivity index (χ1n) is 7.25. The summed E-state index contributed by atoms with van der Waals surface area (Å²) >= 11 is 0. The molecule has 0 bridgehead atoms. The van der Waals surface area contributed by atoms with Crippen molar-refractivity contribution in [3.8, 4) is 11.4 Å². The van der Waals surface area contributed by atoms with Crippen molar-refractivity contribution in [1.82, 2.24) is 9.97 Å². The van der Waals surface area contributed by atoms with Crippen LogP contribution in [0.2, 0.25) is 0 Å². The van der Waals surface area contributed by atoms with Gasteiger partial charge in [-0.1, -0.05) is 12.1 Å². The summed E-state index contributed by atoms with van der Waals surface area (Å²) < 4.78 is 5.59. The van der Waals surface area contributed by atoms with Gasteiger partial charge in [0.15, 0.2) is 0 Å². The summed E-state index contributed by atoms with van der Waals surface area (Å²) in [6.45, 7) is 1.72. The first-order chi connectivity index (χ1) is 11.5. The molecular formula is C17H12N4O3. The average molecular weight is 320 g/mol. The van der Waals surface area contributed by atoms with Gasteiger partial charge < -0.3 is 9.40 Å². The van der Waals surface area contributed by atoms with Crippen LogP contribution in [0, 0.1) is 22.4 Å². The second-order valence-electron chi connectivity index (χ2n) is 5.53. The number of hydrogen-bond acceptors (Lipinski definition) is 5. The molecule has 2 heterocycles. The lowest BCUT2D eigenvalue weighted by Crippen LogP contribution is -2.05. The molecule has 0 unspecified atom stereocenters. The van der Waals surface area contributed by atoms with E-state index in [9.17, 15) is 10.1 Å². The third-order valence-electron chi connectivity index (χ3n) is 3.89. The largest absolute Gasteiger partial charge is 0.438 e. The third-order valence-corrected chi connectivity index (χ3v) is 3.89. The minimum absolute atomic E-state index is 0.0107. The van der Waals surface area contributed by atoms with Gasteiger partial charge in [0.2, 0.25) is 5.55 Å². The van der Waals surface area contributed by atoms with E-state index in [0.717, 1.165) is 11.0 Å². The Hall–Kier alpha value is -3.48. The predicted octanol–water partition coefficient (Wildman–Crippen LogP) is 3.67. The van der Waals surface area contributed by atoms with Crippen molar-refractivity contribution in [3.05, 3.63) is 63.7 Å². The Labute approximate surface area is 135 Å². The Kier molecular flexibility index (Phi) is 2.96. The van der Waals surface area contributed by atoms with E-state index in [2.05, 4.69) is 9.97 Å². The van der Waals surface area contributed by atoms with Gasteiger partial charge in [-0.25, -0.2) is 4.98 Å². The molecule has 0 aliphatic carbocycles. The summed E-state index contributed by atoms with van der Waals surface area (Å²) in [7, 11) is 0. The molecule has 2 aromatic heterocycles. The van der Waals surface area contributed by atoms with E-state index >= 15 is 0 Å². The quantitative estimate of drug-likeness (QED) is 0.434. The number of nitrogens with one attached hydrogen (secondary N) is 2. The second-order valence-corrected chi connectivity index (χ2v) is 5.53. The summed E-state index contributed by atoms with van der Waals surface area (Å²) in [5, 5.41) is 19.8. The van der Waals surface area contributed by atoms with E-state index in [4.69, 9.17) is 9.83 Å². The molecule has 0 saturated heterocycles. The molecule has 4 rings (SSSR count). The molecule has 0 aliphatic heterocycles. The van der Waals surface area contributed by atoms with Gasteiger partial charge in [0.25, 0.3) is 5.69 Å². The van der Waals surface area contributed by atoms with Crippen LogP contribution in [-0.4, -0.2) is 14.9 Å². The van der Waals surface area contributed by atoms with Gasteiger partial charge in [-0.3, -0.25) is 15.5 Å². The summed E-state index contributed by atoms with van der Waals surface area (Å²) in [6.07, 6.45) is 0. The molecular weight excluding hydrogens is 308 g/mol. The van der Waals surface area contributed by atoms with Crippen molar-refractivity contribution in [2.75, 3.05) is 0 Å². The Morgan fingerprint density at radius 1 is 1.25 bits per heavy atom. The van der Waals surface area contributed by atoms with Crippen LogP contribution in [0.25, 0.3) is 33.4 Å². The van der Waals surface area contributed by atoms with Crippen LogP contribution in [0.1, 0.15) is 5.56 Å². The van der Waals surface area contributed by atoms with Crippen molar-refractivity contribution >= 4 is 27.7 Å². The zero-order valence-corrected chi connectivity index (χ0v) is 12.7. The number of imidazole rings is 1. The van der Waals surface area contributed by atoms with Crippen molar-refractivity contribution in [2.24, 2.45) is 0 Å². The number of para-hydroxylation sites is 2. The zero-order valence-electron chi connectivity index (χ0n) is 12.7. The molecule has 118 valence electrons. The molecule has 0 saturated carbocycles. The highest BCUT2D eigenvalue weighted by molar-refractivity contribution is 5.86. The Morgan fingerprint density at radius 2 is 2.04 bits per heavy atom. The molecule has 0 spiro atoms. The molecule has 2 aromatic carbocycles. The molecule has 0 radical (unpaired) electrons. The molecule has 0 aliphatic rings. The molecule has 0 amide bonds. The van der Waals surface area contributed by atoms with Gasteiger partial charge in [0.05, 0.1) is 21.5 Å². The van der Waals surface area contributed by atoms with Crippen molar-refractivity contribution in [2.45, 2.75) is 6.92 Å². The van der Waals surface area contributed by atoms with Crippen molar-refractivity contribution < 1.29 is 9.34 Å². The van der Waals surface area contributed by atoms with E-state index in [1.807, 2.05) is 24.3 Å². The number of nitro groups is 1. The number of aryl methyl sites for hydroxylation is 1. The summed E-state index contributed by atoms with van der Waals surface area (Å²) in [5.74, 6) is 0.496. The van der Waals surface area contributed by atoms with Crippen molar-refractivity contribution in [3.63, 3.8) is 0 Å². The first kappa shape index (κ1) is 14.1. The average Bonchev–Trinajstić information content (AvgIpc) is 2.98. The highest BCUT2D eigenvalue weighted by Gasteiger charge is 2.15. The van der Waals surface area contributed by atoms with Gasteiger partial charge in [-0.15, -0.1) is 0 Å². The first-order valence-corrected chi connectivity index (χ1v) is 7.25. The smallest absolute Gasteiger partial charge is 0.270 e. The fraction of sp³-hybridized carbons (Fsp3) is 0.0588. The van der Waals surface area contributed by atoms with Gasteiger partial charge in [-0.2, -0.15) is 0 Å². The third kappa shape index (κ3) is 2.14. The van der Waals surface area contributed by atoms with E-state index in [0.29, 0.717) is 27.9 Å². The molecule has 24 heavy (non-hydrogen) atoms. The molecule has 4 aromatic rings. The number of nitrogens with zero attached hydrogens (tertiary/aromatic N) is 2. The Balaban J connectivity index is 1.99. The van der Waals surface area contributed by atoms with Crippen LogP contribution in [0.4, 0.5) is 5.69 Å². The predicted molar refractivity (Wildman–Crippen MR) is 88.5 cm³/mol. The topological polar surface area (TPSA) is 109 Å². The minimum Gasteiger partial charge on any atom is -0.438 e. The van der Waals surface area contributed by atoms with E-state index < -0.39 is 4.92 Å². The number of benzene rings is 2. The number of rotatable bonds is 2. The Bertz CT molecular complexity index is 1140. The Morgan fingerprint density at radius 3 is 2.79 bits per heavy atom. The highest BCUT2D eigenvalue weighted by Crippen LogP contribution is 2.27. The number of H-pyrrole nitrogens is 1. The van der Waals surface area contributed by atoms with Gasteiger partial charge in [0, 0.05) is 17.5 Å². The van der Waals surface area contributed by atoms with Crippen LogP contribution in [-0.2, 0) is 0 Å². The van der Waals surface area contributed by atoms with Crippen LogP contribution < -0.4 is 5.55 Å². The van der Waals surface area contributed by atoms with Crippen molar-refractivity contribution in [1.29, 1.82) is 5.41 Å². The number of aromatic nitrogens is 2. The molecule has 7 nitrogen and oxygen atoms in total. The van der Waals surface area contributed by atoms with E-state index in [1.165, 1.54) is 12.1 Å². The maximum atomic E-state index is 11.1. The summed E-state index contributed by atoms with van der Waals surface area (Å²) in [6, 6.07) is 12.1. The van der Waals surface area contributed by atoms with Gasteiger partial charge in [-0.05, 0) is 30.7 Å². The molecule has 2 N–H and O–H groups in total. The van der Waals surface area contributed by atoms with E-state index in [-0.39, 0.29) is 11.2 Å². The minimum atomic E-state index is -0.443. The lowest BCUT2D eigenvalue weighted by Gasteiger charge is -2.04. The molecule has 0 atom stereocenters. The monoisotopic (exact) mass is 320 g/mol. The molecule has 7 heteroatoms. The number of fused-ring (bicyclic) bond motifs is 2. The SMILES string of the molecule is Cc1cc([N+](=O)[O-])cc2cc(-c3nc4ccccc4[nH]3)c(=N)oc12. The maximum Gasteiger partial charge on any atom is 0.270 e. The molecule has 0 fully saturated rings. The van der Waals surface area contributed by atoms with Crippen LogP contribution in [0.15, 0.2) is 46.9 Å². The lowest BCUT2D eigenvalue weighted by atomic mass is 10.1. The summed E-state index contributed by atoms with van der Waals surface area (Å²) in [5.41, 5.74) is 3.11. The fourth-order valence-corrected chi connectivity index (χ4v) is 2.77. The highest BCUT2D eigenvalue weighted by atomic mass is 16.6. The maximum absolute atomic E-state index is 11.1. The van der Waals surface area contributed by atoms with Crippen LogP contribution >= 0.6 is 0 Å². The van der Waals surface area contributed by atoms with Crippen LogP contribution in [0.3, 0.4) is 0 Å². The standard InChI is InChI=1S/C17H12N4O3/c1-9-6-11(21(22)23)7-10-8-12(16(18)24-15(9)10)17-19-13-4-2-3-5-14(13)20-17/h2-8,18H,1H3,(H,19,20). The number of aromatic amines is 1. The van der Waals surface area contributed by atoms with Gasteiger partial charge in [0.1, 0.15) is 11.4 Å². The lowest BCUT2D eigenvalue weighted by molar-refractivity contribution is -0.384. The second kappa shape index (κ2) is 5.02.